The van der Waals surface area contributed by atoms with Gasteiger partial charge < -0.3 is 15.3 Å². The third-order valence-electron chi connectivity index (χ3n) is 6.10. The fourth-order valence-electron chi connectivity index (χ4n) is 4.50. The average Bonchev–Trinajstić information content (AvgIpc) is 3.45. The number of hydrogen-bond acceptors (Lipinski definition) is 5. The number of aliphatic hydroxyl groups is 1. The molecule has 8 heteroatoms. The number of para-hydroxylation sites is 1. The molecule has 4 rings (SSSR count). The number of rotatable bonds is 5. The van der Waals surface area contributed by atoms with Crippen molar-refractivity contribution in [2.24, 2.45) is 5.92 Å². The number of amides is 2. The van der Waals surface area contributed by atoms with Crippen molar-refractivity contribution in [2.45, 2.75) is 50.6 Å². The second kappa shape index (κ2) is 8.73. The number of aromatic nitrogens is 3. The molecule has 1 atom stereocenters. The highest BCUT2D eigenvalue weighted by Gasteiger charge is 2.35. The third kappa shape index (κ3) is 4.17. The van der Waals surface area contributed by atoms with Crippen LogP contribution in [0, 0.1) is 5.92 Å². The highest BCUT2D eigenvalue weighted by atomic mass is 16.3. The van der Waals surface area contributed by atoms with Crippen LogP contribution in [-0.4, -0.2) is 61.8 Å². The largest absolute Gasteiger partial charge is 0.394 e. The van der Waals surface area contributed by atoms with E-state index < -0.39 is 0 Å². The highest BCUT2D eigenvalue weighted by molar-refractivity contribution is 5.97. The summed E-state index contributed by atoms with van der Waals surface area (Å²) in [4.78, 5) is 31.5. The van der Waals surface area contributed by atoms with Gasteiger partial charge in [-0.2, -0.15) is 5.10 Å². The van der Waals surface area contributed by atoms with Crippen LogP contribution in [0.5, 0.6) is 0 Å². The molecule has 2 aliphatic rings. The summed E-state index contributed by atoms with van der Waals surface area (Å²) in [7, 11) is 0. The highest BCUT2D eigenvalue weighted by Crippen LogP contribution is 2.29. The Morgan fingerprint density at radius 1 is 1.14 bits per heavy atom. The number of carbonyl (C=O) groups is 2. The summed E-state index contributed by atoms with van der Waals surface area (Å²) in [6, 6.07) is 7.36. The molecule has 2 aromatic rings. The number of hydrogen-bond donors (Lipinski definition) is 2. The third-order valence-corrected chi connectivity index (χ3v) is 6.10. The van der Waals surface area contributed by atoms with Gasteiger partial charge in [-0.15, -0.1) is 0 Å². The lowest BCUT2D eigenvalue weighted by Crippen LogP contribution is -2.44. The van der Waals surface area contributed by atoms with Crippen LogP contribution in [0.3, 0.4) is 0 Å². The lowest BCUT2D eigenvalue weighted by atomic mass is 9.85. The Bertz CT molecular complexity index is 846. The fourth-order valence-corrected chi connectivity index (χ4v) is 4.50. The number of nitrogens with one attached hydrogen (secondary N) is 1. The van der Waals surface area contributed by atoms with Gasteiger partial charge in [0.25, 0.3) is 5.91 Å². The minimum absolute atomic E-state index is 0.00210. The van der Waals surface area contributed by atoms with Gasteiger partial charge in [0.2, 0.25) is 5.91 Å². The summed E-state index contributed by atoms with van der Waals surface area (Å²) in [6.45, 7) is 0.794. The molecule has 1 aromatic carbocycles. The summed E-state index contributed by atoms with van der Waals surface area (Å²) in [5, 5.41) is 16.7. The monoisotopic (exact) mass is 397 g/mol. The van der Waals surface area contributed by atoms with Gasteiger partial charge in [-0.25, -0.2) is 9.67 Å². The summed E-state index contributed by atoms with van der Waals surface area (Å²) >= 11 is 0. The van der Waals surface area contributed by atoms with Gasteiger partial charge >= 0.3 is 0 Å². The molecular weight excluding hydrogens is 370 g/mol. The Kier molecular flexibility index (Phi) is 5.89. The molecule has 0 radical (unpaired) electrons. The van der Waals surface area contributed by atoms with Crippen molar-refractivity contribution in [2.75, 3.05) is 13.2 Å². The molecule has 0 bridgehead atoms. The molecule has 1 aliphatic heterocycles. The second-order valence-electron chi connectivity index (χ2n) is 7.89. The minimum atomic E-state index is -0.134. The lowest BCUT2D eigenvalue weighted by Gasteiger charge is -2.33. The number of likely N-dealkylation sites (tertiary alicyclic amines) is 1. The van der Waals surface area contributed by atoms with E-state index in [-0.39, 0.29) is 36.4 Å². The molecule has 0 unspecified atom stereocenters. The Balaban J connectivity index is 1.35. The zero-order valence-corrected chi connectivity index (χ0v) is 16.4. The van der Waals surface area contributed by atoms with Crippen molar-refractivity contribution in [3.63, 3.8) is 0 Å². The smallest absolute Gasteiger partial charge is 0.253 e. The van der Waals surface area contributed by atoms with Crippen LogP contribution < -0.4 is 5.32 Å². The van der Waals surface area contributed by atoms with Crippen molar-refractivity contribution in [3.05, 3.63) is 42.5 Å². The first-order chi connectivity index (χ1) is 14.2. The van der Waals surface area contributed by atoms with Crippen LogP contribution in [0.25, 0.3) is 5.69 Å². The molecule has 2 heterocycles. The number of benzene rings is 1. The molecule has 1 saturated heterocycles. The molecule has 29 heavy (non-hydrogen) atoms. The quantitative estimate of drug-likeness (QED) is 0.797. The summed E-state index contributed by atoms with van der Waals surface area (Å²) in [5.41, 5.74) is 1.24. The topological polar surface area (TPSA) is 100 Å². The summed E-state index contributed by atoms with van der Waals surface area (Å²) in [5.74, 6) is 0.0337. The van der Waals surface area contributed by atoms with E-state index in [9.17, 15) is 14.7 Å². The first kappa shape index (κ1) is 19.6. The molecule has 2 fully saturated rings. The maximum atomic E-state index is 12.9. The Labute approximate surface area is 169 Å². The average molecular weight is 397 g/mol. The lowest BCUT2D eigenvalue weighted by molar-refractivity contribution is -0.138. The maximum absolute atomic E-state index is 12.9. The molecular formula is C21H27N5O3. The zero-order chi connectivity index (χ0) is 20.2. The molecule has 1 aromatic heterocycles. The Morgan fingerprint density at radius 2 is 1.93 bits per heavy atom. The molecule has 8 nitrogen and oxygen atoms in total. The van der Waals surface area contributed by atoms with Gasteiger partial charge in [0.15, 0.2) is 0 Å². The van der Waals surface area contributed by atoms with Crippen LogP contribution in [0.15, 0.2) is 36.9 Å². The van der Waals surface area contributed by atoms with Gasteiger partial charge in [-0.1, -0.05) is 12.1 Å². The normalized spacial score (nSPS) is 24.4. The van der Waals surface area contributed by atoms with Gasteiger partial charge in [0.1, 0.15) is 12.7 Å². The first-order valence-electron chi connectivity index (χ1n) is 10.3. The van der Waals surface area contributed by atoms with Crippen LogP contribution in [0.2, 0.25) is 0 Å². The first-order valence-corrected chi connectivity index (χ1v) is 10.3. The van der Waals surface area contributed by atoms with E-state index >= 15 is 0 Å². The molecule has 154 valence electrons. The van der Waals surface area contributed by atoms with E-state index in [4.69, 9.17) is 0 Å². The summed E-state index contributed by atoms with van der Waals surface area (Å²) < 4.78 is 1.58. The molecule has 2 N–H and O–H groups in total. The number of carbonyl (C=O) groups excluding carboxylic acids is 2. The zero-order valence-electron chi connectivity index (χ0n) is 16.4. The number of aliphatic hydroxyl groups excluding tert-OH is 1. The minimum Gasteiger partial charge on any atom is -0.394 e. The van der Waals surface area contributed by atoms with E-state index in [1.165, 1.54) is 6.33 Å². The second-order valence-corrected chi connectivity index (χ2v) is 7.89. The van der Waals surface area contributed by atoms with Crippen LogP contribution in [0.4, 0.5) is 0 Å². The van der Waals surface area contributed by atoms with E-state index in [0.29, 0.717) is 11.3 Å². The molecule has 1 saturated carbocycles. The van der Waals surface area contributed by atoms with E-state index in [2.05, 4.69) is 15.4 Å². The predicted octanol–water partition coefficient (Wildman–Crippen LogP) is 1.54. The van der Waals surface area contributed by atoms with Crippen LogP contribution >= 0.6 is 0 Å². The maximum Gasteiger partial charge on any atom is 0.253 e. The predicted molar refractivity (Wildman–Crippen MR) is 106 cm³/mol. The summed E-state index contributed by atoms with van der Waals surface area (Å²) in [6.07, 6.45) is 7.96. The van der Waals surface area contributed by atoms with Gasteiger partial charge in [-0.3, -0.25) is 9.59 Å². The van der Waals surface area contributed by atoms with Gasteiger partial charge in [0.05, 0.1) is 23.9 Å². The standard InChI is InChI=1S/C21H27N5O3/c27-12-17-4-3-11-25(17)21(29)15-7-9-16(10-8-15)24-20(28)18-5-1-2-6-19(18)26-14-22-13-23-26/h1-2,5-6,13-17,27H,3-4,7-12H2,(H,24,28)/t15?,16?,17-/m1/s1. The Hall–Kier alpha value is -2.74. The molecule has 2 amide bonds. The van der Waals surface area contributed by atoms with Crippen molar-refractivity contribution >= 4 is 11.8 Å². The van der Waals surface area contributed by atoms with Gasteiger partial charge in [-0.05, 0) is 50.7 Å². The van der Waals surface area contributed by atoms with Crippen molar-refractivity contribution in [1.29, 1.82) is 0 Å². The molecule has 0 spiro atoms. The fraction of sp³-hybridized carbons (Fsp3) is 0.524. The van der Waals surface area contributed by atoms with Crippen LogP contribution in [-0.2, 0) is 4.79 Å². The Morgan fingerprint density at radius 3 is 2.66 bits per heavy atom. The van der Waals surface area contributed by atoms with Crippen LogP contribution in [0.1, 0.15) is 48.9 Å². The van der Waals surface area contributed by atoms with E-state index in [1.54, 1.807) is 17.1 Å². The SMILES string of the molecule is O=C(NC1CCC(C(=O)N2CCC[C@@H]2CO)CC1)c1ccccc1-n1cncn1. The molecule has 1 aliphatic carbocycles. The van der Waals surface area contributed by atoms with E-state index in [0.717, 1.165) is 45.1 Å². The number of nitrogens with zero attached hydrogens (tertiary/aromatic N) is 4. The van der Waals surface area contributed by atoms with Crippen molar-refractivity contribution in [1.82, 2.24) is 25.0 Å². The van der Waals surface area contributed by atoms with Gasteiger partial charge in [0, 0.05) is 18.5 Å². The van der Waals surface area contributed by atoms with Crippen molar-refractivity contribution in [3.8, 4) is 5.69 Å². The van der Waals surface area contributed by atoms with E-state index in [1.807, 2.05) is 23.1 Å². The van der Waals surface area contributed by atoms with Crippen molar-refractivity contribution < 1.29 is 14.7 Å².